The van der Waals surface area contributed by atoms with E-state index >= 15 is 0 Å². The zero-order valence-corrected chi connectivity index (χ0v) is 17.5. The third-order valence-electron chi connectivity index (χ3n) is 5.42. The van der Waals surface area contributed by atoms with E-state index in [1.807, 2.05) is 6.21 Å². The molecule has 2 N–H and O–H groups in total. The normalized spacial score (nSPS) is 17.7. The van der Waals surface area contributed by atoms with E-state index in [0.29, 0.717) is 6.17 Å². The summed E-state index contributed by atoms with van der Waals surface area (Å²) < 4.78 is 0. The highest BCUT2D eigenvalue weighted by Gasteiger charge is 2.18. The molecule has 0 aromatic carbocycles. The second-order valence-electron chi connectivity index (χ2n) is 7.83. The van der Waals surface area contributed by atoms with Crippen LogP contribution in [0.25, 0.3) is 0 Å². The first-order valence-corrected chi connectivity index (χ1v) is 11.5. The molecule has 1 aliphatic rings. The van der Waals surface area contributed by atoms with Crippen LogP contribution < -0.4 is 5.73 Å². The monoisotopic (exact) mass is 363 g/mol. The van der Waals surface area contributed by atoms with E-state index in [1.54, 1.807) is 0 Å². The average molecular weight is 364 g/mol. The largest absolute Gasteiger partial charge is 0.329 e. The Morgan fingerprint density at radius 1 is 0.885 bits per heavy atom. The van der Waals surface area contributed by atoms with E-state index < -0.39 is 0 Å². The molecule has 1 rings (SSSR count). The lowest BCUT2D eigenvalue weighted by molar-refractivity contribution is 0.259. The van der Waals surface area contributed by atoms with E-state index in [1.165, 1.54) is 89.9 Å². The number of rotatable bonds is 18. The summed E-state index contributed by atoms with van der Waals surface area (Å²) in [5, 5.41) is 0. The molecule has 0 amide bonds. The molecule has 1 atom stereocenters. The summed E-state index contributed by atoms with van der Waals surface area (Å²) in [5.74, 6) is 0. The SMILES string of the molecule is CCCCCCCCCCCCCCC/C=C/CC1N=CCN1CCN. The summed E-state index contributed by atoms with van der Waals surface area (Å²) in [6.07, 6.45) is 27.9. The molecule has 0 saturated heterocycles. The molecule has 0 bridgehead atoms. The predicted octanol–water partition coefficient (Wildman–Crippen LogP) is 6.09. The maximum Gasteiger partial charge on any atom is 0.105 e. The minimum atomic E-state index is 0.335. The number of nitrogens with two attached hydrogens (primary N) is 1. The Kier molecular flexibility index (Phi) is 15.9. The molecule has 0 aliphatic carbocycles. The lowest BCUT2D eigenvalue weighted by Gasteiger charge is -2.20. The van der Waals surface area contributed by atoms with Gasteiger partial charge in [-0.05, 0) is 12.8 Å². The van der Waals surface area contributed by atoms with Gasteiger partial charge < -0.3 is 5.73 Å². The maximum atomic E-state index is 5.65. The molecule has 0 aromatic heterocycles. The summed E-state index contributed by atoms with van der Waals surface area (Å²) in [6, 6.07) is 0. The average Bonchev–Trinajstić information content (AvgIpc) is 3.09. The van der Waals surface area contributed by atoms with Crippen molar-refractivity contribution in [2.45, 2.75) is 109 Å². The van der Waals surface area contributed by atoms with Crippen LogP contribution in [0.15, 0.2) is 17.1 Å². The van der Waals surface area contributed by atoms with Gasteiger partial charge in [-0.1, -0.05) is 96.1 Å². The van der Waals surface area contributed by atoms with Crippen molar-refractivity contribution < 1.29 is 0 Å². The molecule has 3 nitrogen and oxygen atoms in total. The summed E-state index contributed by atoms with van der Waals surface area (Å²) >= 11 is 0. The Balaban J connectivity index is 1.80. The molecular formula is C23H45N3. The smallest absolute Gasteiger partial charge is 0.105 e. The van der Waals surface area contributed by atoms with Crippen molar-refractivity contribution in [2.75, 3.05) is 19.6 Å². The van der Waals surface area contributed by atoms with Crippen LogP contribution in [0.4, 0.5) is 0 Å². The third-order valence-corrected chi connectivity index (χ3v) is 5.42. The number of hydrogen-bond acceptors (Lipinski definition) is 3. The first-order chi connectivity index (χ1) is 12.9. The van der Waals surface area contributed by atoms with Crippen LogP contribution in [0.3, 0.4) is 0 Å². The second-order valence-corrected chi connectivity index (χ2v) is 7.83. The standard InChI is InChI=1S/C23H45N3/c1-2-3-4-5-6-7-8-9-10-11-12-13-14-15-16-17-18-23-25-20-22-26(23)21-19-24/h16-17,20,23H,2-15,18-19,21-22,24H2,1H3/b17-16+. The number of unbranched alkanes of at least 4 members (excludes halogenated alkanes) is 13. The van der Waals surface area contributed by atoms with Gasteiger partial charge in [0.15, 0.2) is 0 Å². The molecule has 0 saturated carbocycles. The van der Waals surface area contributed by atoms with Crippen molar-refractivity contribution in [1.29, 1.82) is 0 Å². The zero-order valence-electron chi connectivity index (χ0n) is 17.5. The summed E-state index contributed by atoms with van der Waals surface area (Å²) in [6.45, 7) is 4.94. The summed E-state index contributed by atoms with van der Waals surface area (Å²) in [7, 11) is 0. The summed E-state index contributed by atoms with van der Waals surface area (Å²) in [4.78, 5) is 6.89. The Hall–Kier alpha value is -0.670. The zero-order chi connectivity index (χ0) is 18.7. The first-order valence-electron chi connectivity index (χ1n) is 11.5. The van der Waals surface area contributed by atoms with Gasteiger partial charge in [0.25, 0.3) is 0 Å². The predicted molar refractivity (Wildman–Crippen MR) is 117 cm³/mol. The maximum absolute atomic E-state index is 5.65. The van der Waals surface area contributed by atoms with Gasteiger partial charge >= 0.3 is 0 Å². The molecule has 26 heavy (non-hydrogen) atoms. The quantitative estimate of drug-likeness (QED) is 0.237. The van der Waals surface area contributed by atoms with Gasteiger partial charge in [-0.15, -0.1) is 0 Å². The second kappa shape index (κ2) is 17.7. The van der Waals surface area contributed by atoms with Gasteiger partial charge in [-0.25, -0.2) is 0 Å². The Bertz CT molecular complexity index is 351. The highest BCUT2D eigenvalue weighted by Crippen LogP contribution is 2.14. The lowest BCUT2D eigenvalue weighted by atomic mass is 10.0. The minimum Gasteiger partial charge on any atom is -0.329 e. The van der Waals surface area contributed by atoms with Crippen molar-refractivity contribution in [2.24, 2.45) is 10.7 Å². The molecule has 1 aliphatic heterocycles. The Morgan fingerprint density at radius 3 is 2.04 bits per heavy atom. The van der Waals surface area contributed by atoms with Crippen molar-refractivity contribution in [3.63, 3.8) is 0 Å². The molecule has 0 radical (unpaired) electrons. The number of aliphatic imine (C=N–C) groups is 1. The van der Waals surface area contributed by atoms with E-state index in [2.05, 4.69) is 29.0 Å². The fourth-order valence-electron chi connectivity index (χ4n) is 3.72. The van der Waals surface area contributed by atoms with Crippen molar-refractivity contribution >= 4 is 6.21 Å². The molecule has 3 heteroatoms. The first kappa shape index (κ1) is 23.4. The van der Waals surface area contributed by atoms with Crippen molar-refractivity contribution in [3.05, 3.63) is 12.2 Å². The number of hydrogen-bond donors (Lipinski definition) is 1. The fraction of sp³-hybridized carbons (Fsp3) is 0.870. The van der Waals surface area contributed by atoms with Gasteiger partial charge in [0, 0.05) is 32.3 Å². The fourth-order valence-corrected chi connectivity index (χ4v) is 3.72. The van der Waals surface area contributed by atoms with Crippen LogP contribution in [0.1, 0.15) is 103 Å². The molecule has 1 heterocycles. The van der Waals surface area contributed by atoms with Crippen LogP contribution in [0.2, 0.25) is 0 Å². The molecule has 0 spiro atoms. The highest BCUT2D eigenvalue weighted by atomic mass is 15.3. The molecular weight excluding hydrogens is 318 g/mol. The van der Waals surface area contributed by atoms with Gasteiger partial charge in [-0.3, -0.25) is 9.89 Å². The number of allylic oxidation sites excluding steroid dienone is 1. The van der Waals surface area contributed by atoms with Crippen molar-refractivity contribution in [3.8, 4) is 0 Å². The van der Waals surface area contributed by atoms with Gasteiger partial charge in [0.05, 0.1) is 0 Å². The summed E-state index contributed by atoms with van der Waals surface area (Å²) in [5.41, 5.74) is 5.65. The Morgan fingerprint density at radius 2 is 1.46 bits per heavy atom. The van der Waals surface area contributed by atoms with E-state index in [0.717, 1.165) is 26.1 Å². The van der Waals surface area contributed by atoms with Gasteiger partial charge in [0.1, 0.15) is 6.17 Å². The van der Waals surface area contributed by atoms with Crippen LogP contribution in [-0.2, 0) is 0 Å². The Labute approximate surface area is 163 Å². The third kappa shape index (κ3) is 12.6. The van der Waals surface area contributed by atoms with Crippen LogP contribution >= 0.6 is 0 Å². The molecule has 152 valence electrons. The molecule has 1 unspecified atom stereocenters. The highest BCUT2D eigenvalue weighted by molar-refractivity contribution is 5.62. The van der Waals surface area contributed by atoms with Crippen LogP contribution in [0.5, 0.6) is 0 Å². The number of nitrogens with zero attached hydrogens (tertiary/aromatic N) is 2. The van der Waals surface area contributed by atoms with Crippen LogP contribution in [0, 0.1) is 0 Å². The van der Waals surface area contributed by atoms with E-state index in [9.17, 15) is 0 Å². The topological polar surface area (TPSA) is 41.6 Å². The van der Waals surface area contributed by atoms with E-state index in [-0.39, 0.29) is 0 Å². The van der Waals surface area contributed by atoms with Gasteiger partial charge in [-0.2, -0.15) is 0 Å². The van der Waals surface area contributed by atoms with Crippen LogP contribution in [-0.4, -0.2) is 36.9 Å². The lowest BCUT2D eigenvalue weighted by Crippen LogP contribution is -2.34. The van der Waals surface area contributed by atoms with Gasteiger partial charge in [0.2, 0.25) is 0 Å². The minimum absolute atomic E-state index is 0.335. The van der Waals surface area contributed by atoms with Crippen molar-refractivity contribution in [1.82, 2.24) is 4.90 Å². The molecule has 0 aromatic rings. The molecule has 0 fully saturated rings. The van der Waals surface area contributed by atoms with E-state index in [4.69, 9.17) is 5.73 Å².